The summed E-state index contributed by atoms with van der Waals surface area (Å²) >= 11 is 0. The van der Waals surface area contributed by atoms with Crippen LogP contribution in [0.15, 0.2) is 28.8 Å². The molecule has 2 N–H and O–H groups in total. The third kappa shape index (κ3) is 1.15. The molecule has 2 aromatic rings. The Labute approximate surface area is 86.6 Å². The average Bonchev–Trinajstić information content (AvgIpc) is 2.72. The van der Waals surface area contributed by atoms with Gasteiger partial charge in [-0.2, -0.15) is 0 Å². The maximum atomic E-state index is 5.60. The molecule has 1 aliphatic rings. The van der Waals surface area contributed by atoms with Crippen molar-refractivity contribution in [2.75, 3.05) is 0 Å². The summed E-state index contributed by atoms with van der Waals surface area (Å²) in [5, 5.41) is 3.94. The summed E-state index contributed by atoms with van der Waals surface area (Å²) < 4.78 is 10.9. The first-order chi connectivity index (χ1) is 7.40. The molecule has 1 aromatic heterocycles. The molecule has 0 spiro atoms. The molecule has 1 aliphatic heterocycles. The SMILES string of the molecule is NCc1noc2c1COc1ccccc1-2. The number of hydrogen-bond donors (Lipinski definition) is 1. The minimum absolute atomic E-state index is 0.379. The fraction of sp³-hybridized carbons (Fsp3) is 0.182. The van der Waals surface area contributed by atoms with Crippen LogP contribution >= 0.6 is 0 Å². The zero-order chi connectivity index (χ0) is 10.3. The third-order valence-electron chi connectivity index (χ3n) is 2.57. The van der Waals surface area contributed by atoms with E-state index in [4.69, 9.17) is 15.0 Å². The Morgan fingerprint density at radius 2 is 2.20 bits per heavy atom. The maximum absolute atomic E-state index is 5.60. The Morgan fingerprint density at radius 3 is 3.07 bits per heavy atom. The molecule has 0 amide bonds. The van der Waals surface area contributed by atoms with Crippen molar-refractivity contribution in [1.82, 2.24) is 5.16 Å². The van der Waals surface area contributed by atoms with Gasteiger partial charge in [-0.05, 0) is 12.1 Å². The van der Waals surface area contributed by atoms with Gasteiger partial charge in [-0.15, -0.1) is 0 Å². The van der Waals surface area contributed by atoms with Crippen molar-refractivity contribution in [3.8, 4) is 17.1 Å². The van der Waals surface area contributed by atoms with Crippen molar-refractivity contribution in [3.63, 3.8) is 0 Å². The van der Waals surface area contributed by atoms with E-state index in [1.807, 2.05) is 24.3 Å². The van der Waals surface area contributed by atoms with Crippen molar-refractivity contribution in [3.05, 3.63) is 35.5 Å². The molecule has 3 rings (SSSR count). The molecular formula is C11H10N2O2. The van der Waals surface area contributed by atoms with Crippen LogP contribution in [0.25, 0.3) is 11.3 Å². The van der Waals surface area contributed by atoms with Crippen LogP contribution in [0.4, 0.5) is 0 Å². The normalized spacial score (nSPS) is 12.9. The van der Waals surface area contributed by atoms with Crippen LogP contribution in [-0.4, -0.2) is 5.16 Å². The second kappa shape index (κ2) is 3.10. The average molecular weight is 202 g/mol. The highest BCUT2D eigenvalue weighted by Crippen LogP contribution is 2.38. The molecule has 0 saturated carbocycles. The molecular weight excluding hydrogens is 192 g/mol. The summed E-state index contributed by atoms with van der Waals surface area (Å²) in [7, 11) is 0. The van der Waals surface area contributed by atoms with E-state index in [1.165, 1.54) is 0 Å². The topological polar surface area (TPSA) is 61.3 Å². The zero-order valence-electron chi connectivity index (χ0n) is 8.06. The van der Waals surface area contributed by atoms with Crippen molar-refractivity contribution in [2.24, 2.45) is 5.73 Å². The van der Waals surface area contributed by atoms with Gasteiger partial charge in [0, 0.05) is 6.54 Å². The number of nitrogens with two attached hydrogens (primary N) is 1. The van der Waals surface area contributed by atoms with E-state index in [1.54, 1.807) is 0 Å². The van der Waals surface area contributed by atoms with Crippen LogP contribution in [-0.2, 0) is 13.2 Å². The predicted octanol–water partition coefficient (Wildman–Crippen LogP) is 1.69. The largest absolute Gasteiger partial charge is 0.488 e. The number of nitrogens with zero attached hydrogens (tertiary/aromatic N) is 1. The highest BCUT2D eigenvalue weighted by atomic mass is 16.5. The molecule has 0 bridgehead atoms. The highest BCUT2D eigenvalue weighted by Gasteiger charge is 2.24. The molecule has 4 nitrogen and oxygen atoms in total. The van der Waals surface area contributed by atoms with Crippen LogP contribution in [0.2, 0.25) is 0 Å². The molecule has 76 valence electrons. The van der Waals surface area contributed by atoms with Gasteiger partial charge in [-0.25, -0.2) is 0 Å². The molecule has 4 heteroatoms. The van der Waals surface area contributed by atoms with Crippen LogP contribution in [0.1, 0.15) is 11.3 Å². The molecule has 2 heterocycles. The summed E-state index contributed by atoms with van der Waals surface area (Å²) in [6.45, 7) is 0.868. The standard InChI is InChI=1S/C11H10N2O2/c12-5-9-8-6-14-10-4-2-1-3-7(10)11(8)15-13-9/h1-4H,5-6,12H2. The van der Waals surface area contributed by atoms with Gasteiger partial charge in [-0.1, -0.05) is 17.3 Å². The Balaban J connectivity index is 2.22. The van der Waals surface area contributed by atoms with Crippen molar-refractivity contribution < 1.29 is 9.26 Å². The first kappa shape index (κ1) is 8.49. The number of aromatic nitrogens is 1. The first-order valence-corrected chi connectivity index (χ1v) is 4.80. The van der Waals surface area contributed by atoms with Crippen LogP contribution in [0.3, 0.4) is 0 Å². The molecule has 0 unspecified atom stereocenters. The van der Waals surface area contributed by atoms with Gasteiger partial charge >= 0.3 is 0 Å². The van der Waals surface area contributed by atoms with Gasteiger partial charge < -0.3 is 15.0 Å². The molecule has 15 heavy (non-hydrogen) atoms. The Morgan fingerprint density at radius 1 is 1.33 bits per heavy atom. The monoisotopic (exact) mass is 202 g/mol. The Hall–Kier alpha value is -1.81. The Kier molecular flexibility index (Phi) is 1.76. The molecule has 0 fully saturated rings. The van der Waals surface area contributed by atoms with E-state index < -0.39 is 0 Å². The van der Waals surface area contributed by atoms with Gasteiger partial charge in [0.1, 0.15) is 18.1 Å². The highest BCUT2D eigenvalue weighted by molar-refractivity contribution is 5.70. The van der Waals surface area contributed by atoms with E-state index in [2.05, 4.69) is 5.16 Å². The molecule has 0 saturated heterocycles. The second-order valence-corrected chi connectivity index (χ2v) is 3.43. The van der Waals surface area contributed by atoms with Gasteiger partial charge in [-0.3, -0.25) is 0 Å². The van der Waals surface area contributed by atoms with Crippen molar-refractivity contribution in [2.45, 2.75) is 13.2 Å². The van der Waals surface area contributed by atoms with Gasteiger partial charge in [0.2, 0.25) is 0 Å². The lowest BCUT2D eigenvalue weighted by atomic mass is 10.0. The van der Waals surface area contributed by atoms with E-state index in [0.29, 0.717) is 13.2 Å². The van der Waals surface area contributed by atoms with Crippen LogP contribution in [0.5, 0.6) is 5.75 Å². The molecule has 0 radical (unpaired) electrons. The van der Waals surface area contributed by atoms with Gasteiger partial charge in [0.15, 0.2) is 5.76 Å². The van der Waals surface area contributed by atoms with E-state index >= 15 is 0 Å². The number of benzene rings is 1. The van der Waals surface area contributed by atoms with Crippen LogP contribution in [0, 0.1) is 0 Å². The van der Waals surface area contributed by atoms with Crippen LogP contribution < -0.4 is 10.5 Å². The number of fused-ring (bicyclic) bond motifs is 3. The summed E-state index contributed by atoms with van der Waals surface area (Å²) in [6, 6.07) is 7.76. The Bertz CT molecular complexity index is 505. The quantitative estimate of drug-likeness (QED) is 0.764. The van der Waals surface area contributed by atoms with Gasteiger partial charge in [0.25, 0.3) is 0 Å². The van der Waals surface area contributed by atoms with Crippen molar-refractivity contribution >= 4 is 0 Å². The lowest BCUT2D eigenvalue weighted by Gasteiger charge is -2.15. The van der Waals surface area contributed by atoms with Crippen molar-refractivity contribution in [1.29, 1.82) is 0 Å². The predicted molar refractivity (Wildman–Crippen MR) is 54.2 cm³/mol. The molecule has 0 atom stereocenters. The number of ether oxygens (including phenoxy) is 1. The number of rotatable bonds is 1. The second-order valence-electron chi connectivity index (χ2n) is 3.43. The minimum Gasteiger partial charge on any atom is -0.488 e. The fourth-order valence-corrected chi connectivity index (χ4v) is 1.79. The van der Waals surface area contributed by atoms with E-state index in [-0.39, 0.29) is 0 Å². The maximum Gasteiger partial charge on any atom is 0.177 e. The lowest BCUT2D eigenvalue weighted by Crippen LogP contribution is -2.07. The third-order valence-corrected chi connectivity index (χ3v) is 2.57. The van der Waals surface area contributed by atoms with Gasteiger partial charge in [0.05, 0.1) is 11.1 Å². The number of para-hydroxylation sites is 1. The molecule has 1 aromatic carbocycles. The molecule has 0 aliphatic carbocycles. The summed E-state index contributed by atoms with van der Waals surface area (Å²) in [6.07, 6.45) is 0. The summed E-state index contributed by atoms with van der Waals surface area (Å²) in [5.74, 6) is 1.63. The van der Waals surface area contributed by atoms with E-state index in [0.717, 1.165) is 28.3 Å². The smallest absolute Gasteiger partial charge is 0.177 e. The minimum atomic E-state index is 0.379. The fourth-order valence-electron chi connectivity index (χ4n) is 1.79. The first-order valence-electron chi connectivity index (χ1n) is 4.80. The summed E-state index contributed by atoms with van der Waals surface area (Å²) in [4.78, 5) is 0. The zero-order valence-corrected chi connectivity index (χ0v) is 8.06. The number of hydrogen-bond acceptors (Lipinski definition) is 4. The summed E-state index contributed by atoms with van der Waals surface area (Å²) in [5.41, 5.74) is 8.26. The van der Waals surface area contributed by atoms with E-state index in [9.17, 15) is 0 Å². The lowest BCUT2D eigenvalue weighted by molar-refractivity contribution is 0.297.